The van der Waals surface area contributed by atoms with Crippen molar-refractivity contribution in [3.63, 3.8) is 0 Å². The van der Waals surface area contributed by atoms with Crippen molar-refractivity contribution in [1.82, 2.24) is 0 Å². The molecule has 8 heteroatoms. The molecule has 0 aromatic heterocycles. The third-order valence-corrected chi connectivity index (χ3v) is 5.46. The molecule has 2 aromatic carbocycles. The molecular weight excluding hydrogens is 443 g/mol. The second-order valence-electron chi connectivity index (χ2n) is 6.94. The highest BCUT2D eigenvalue weighted by atomic mass is 35.5. The van der Waals surface area contributed by atoms with E-state index in [0.717, 1.165) is 0 Å². The number of ketones is 1. The van der Waals surface area contributed by atoms with Gasteiger partial charge in [-0.25, -0.2) is 9.59 Å². The summed E-state index contributed by atoms with van der Waals surface area (Å²) in [4.78, 5) is 35.6. The van der Waals surface area contributed by atoms with Crippen LogP contribution in [0.3, 0.4) is 0 Å². The molecule has 0 radical (unpaired) electrons. The number of halogens is 2. The summed E-state index contributed by atoms with van der Waals surface area (Å²) in [5.74, 6) is -3.76. The zero-order valence-corrected chi connectivity index (χ0v) is 17.9. The summed E-state index contributed by atoms with van der Waals surface area (Å²) in [6.45, 7) is 3.01. The Morgan fingerprint density at radius 3 is 2.10 bits per heavy atom. The van der Waals surface area contributed by atoms with Gasteiger partial charge in [-0.3, -0.25) is 4.79 Å². The zero-order valence-electron chi connectivity index (χ0n) is 16.4. The molecular formula is C23H16Cl2O6. The molecule has 0 bridgehead atoms. The number of rotatable bonds is 4. The van der Waals surface area contributed by atoms with Crippen LogP contribution in [0, 0.1) is 6.92 Å². The Kier molecular flexibility index (Phi) is 6.06. The highest BCUT2D eigenvalue weighted by Gasteiger charge is 2.27. The number of Topliss-reactive ketones (excluding diaryl/α,β-unsaturated/α-hetero) is 1. The van der Waals surface area contributed by atoms with E-state index in [1.54, 1.807) is 18.2 Å². The maximum Gasteiger partial charge on any atom is 0.339 e. The predicted octanol–water partition coefficient (Wildman–Crippen LogP) is 5.05. The van der Waals surface area contributed by atoms with Crippen molar-refractivity contribution in [1.29, 1.82) is 0 Å². The molecule has 2 aromatic rings. The first-order chi connectivity index (χ1) is 14.5. The number of benzene rings is 2. The minimum Gasteiger partial charge on any atom is -0.507 e. The van der Waals surface area contributed by atoms with Crippen LogP contribution in [0.25, 0.3) is 5.57 Å². The maximum absolute atomic E-state index is 12.3. The molecule has 3 rings (SSSR count). The first-order valence-electron chi connectivity index (χ1n) is 8.96. The minimum absolute atomic E-state index is 0.185. The highest BCUT2D eigenvalue weighted by molar-refractivity contribution is 6.38. The van der Waals surface area contributed by atoms with E-state index in [1.807, 2.05) is 0 Å². The van der Waals surface area contributed by atoms with Gasteiger partial charge in [0.05, 0.1) is 0 Å². The third-order valence-electron chi connectivity index (χ3n) is 4.83. The summed E-state index contributed by atoms with van der Waals surface area (Å²) in [5.41, 5.74) is 0.989. The number of allylic oxidation sites excluding steroid dienone is 4. The Bertz CT molecular complexity index is 1230. The SMILES string of the molecule is CC1=C/C(=C(\c2cc(C)c(O)c(C(=O)O)c2)c2c(Cl)cccc2Cl)C=C(C(=O)O)C1=O. The van der Waals surface area contributed by atoms with Gasteiger partial charge in [0.2, 0.25) is 0 Å². The van der Waals surface area contributed by atoms with Gasteiger partial charge in [-0.15, -0.1) is 0 Å². The molecule has 1 aliphatic rings. The number of carboxylic acid groups (broad SMARTS) is 2. The van der Waals surface area contributed by atoms with Crippen molar-refractivity contribution >= 4 is 46.5 Å². The Balaban J connectivity index is 2.50. The first-order valence-corrected chi connectivity index (χ1v) is 9.72. The summed E-state index contributed by atoms with van der Waals surface area (Å²) in [5, 5.41) is 29.6. The Hall–Kier alpha value is -3.35. The molecule has 158 valence electrons. The van der Waals surface area contributed by atoms with E-state index in [9.17, 15) is 29.7 Å². The molecule has 0 atom stereocenters. The van der Waals surface area contributed by atoms with Gasteiger partial charge in [0.25, 0.3) is 0 Å². The molecule has 0 saturated carbocycles. The summed E-state index contributed by atoms with van der Waals surface area (Å²) < 4.78 is 0. The fourth-order valence-corrected chi connectivity index (χ4v) is 3.94. The van der Waals surface area contributed by atoms with Crippen LogP contribution >= 0.6 is 23.2 Å². The number of aromatic hydroxyl groups is 1. The topological polar surface area (TPSA) is 112 Å². The van der Waals surface area contributed by atoms with Gasteiger partial charge in [0.15, 0.2) is 5.78 Å². The number of carboxylic acids is 2. The van der Waals surface area contributed by atoms with Crippen LogP contribution in [0.5, 0.6) is 5.75 Å². The molecule has 31 heavy (non-hydrogen) atoms. The number of aryl methyl sites for hydroxylation is 1. The normalized spacial score (nSPS) is 15.3. The molecule has 0 aliphatic heterocycles. The van der Waals surface area contributed by atoms with E-state index in [0.29, 0.717) is 22.3 Å². The van der Waals surface area contributed by atoms with Gasteiger partial charge in [-0.2, -0.15) is 0 Å². The predicted molar refractivity (Wildman–Crippen MR) is 117 cm³/mol. The van der Waals surface area contributed by atoms with Crippen molar-refractivity contribution in [2.75, 3.05) is 0 Å². The van der Waals surface area contributed by atoms with E-state index in [-0.39, 0.29) is 26.7 Å². The van der Waals surface area contributed by atoms with Crippen LogP contribution < -0.4 is 0 Å². The van der Waals surface area contributed by atoms with Crippen LogP contribution in [-0.2, 0) is 9.59 Å². The van der Waals surface area contributed by atoms with Gasteiger partial charge in [-0.1, -0.05) is 29.3 Å². The number of hydrogen-bond acceptors (Lipinski definition) is 4. The van der Waals surface area contributed by atoms with Crippen molar-refractivity contribution in [2.24, 2.45) is 0 Å². The van der Waals surface area contributed by atoms with Crippen LogP contribution in [0.4, 0.5) is 0 Å². The molecule has 0 amide bonds. The first kappa shape index (κ1) is 22.3. The zero-order chi connectivity index (χ0) is 23.0. The molecule has 6 nitrogen and oxygen atoms in total. The Labute approximate surface area is 187 Å². The average Bonchev–Trinajstić information content (AvgIpc) is 2.68. The van der Waals surface area contributed by atoms with Crippen LogP contribution in [0.15, 0.2) is 59.2 Å². The van der Waals surface area contributed by atoms with Gasteiger partial charge in [0.1, 0.15) is 16.9 Å². The van der Waals surface area contributed by atoms with Crippen LogP contribution in [0.1, 0.15) is 34.0 Å². The van der Waals surface area contributed by atoms with Crippen molar-refractivity contribution in [2.45, 2.75) is 13.8 Å². The number of carbonyl (C=O) groups excluding carboxylic acids is 1. The highest BCUT2D eigenvalue weighted by Crippen LogP contribution is 2.41. The molecule has 0 saturated heterocycles. The van der Waals surface area contributed by atoms with Gasteiger partial charge >= 0.3 is 11.9 Å². The summed E-state index contributed by atoms with van der Waals surface area (Å²) in [7, 11) is 0. The van der Waals surface area contributed by atoms with E-state index in [2.05, 4.69) is 0 Å². The van der Waals surface area contributed by atoms with E-state index in [4.69, 9.17) is 23.2 Å². The van der Waals surface area contributed by atoms with Crippen molar-refractivity contribution in [3.05, 3.63) is 91.5 Å². The minimum atomic E-state index is -1.40. The van der Waals surface area contributed by atoms with Gasteiger partial charge in [-0.05, 0) is 78.1 Å². The van der Waals surface area contributed by atoms with Crippen LogP contribution in [0.2, 0.25) is 10.0 Å². The summed E-state index contributed by atoms with van der Waals surface area (Å²) in [6, 6.07) is 7.59. The van der Waals surface area contributed by atoms with E-state index < -0.39 is 29.0 Å². The molecule has 0 heterocycles. The lowest BCUT2D eigenvalue weighted by Gasteiger charge is -2.19. The maximum atomic E-state index is 12.3. The van der Waals surface area contributed by atoms with Crippen LogP contribution in [-0.4, -0.2) is 33.0 Å². The lowest BCUT2D eigenvalue weighted by Crippen LogP contribution is -2.17. The second kappa shape index (κ2) is 8.41. The fourth-order valence-electron chi connectivity index (χ4n) is 3.36. The molecule has 1 aliphatic carbocycles. The number of hydrogen-bond donors (Lipinski definition) is 3. The quantitative estimate of drug-likeness (QED) is 0.552. The molecule has 0 fully saturated rings. The van der Waals surface area contributed by atoms with Crippen molar-refractivity contribution < 1.29 is 29.7 Å². The Morgan fingerprint density at radius 2 is 1.55 bits per heavy atom. The fraction of sp³-hybridized carbons (Fsp3) is 0.0870. The van der Waals surface area contributed by atoms with E-state index in [1.165, 1.54) is 38.1 Å². The lowest BCUT2D eigenvalue weighted by molar-refractivity contribution is -0.134. The molecule has 0 spiro atoms. The number of aliphatic carboxylic acids is 1. The summed E-state index contributed by atoms with van der Waals surface area (Å²) in [6.07, 6.45) is 2.70. The standard InChI is InChI=1S/C23H16Cl2O6/c1-10-6-12(8-14(20(10)26)22(28)29)18(19-16(24)4-3-5-17(19)25)13-7-11(2)21(27)15(9-13)23(30)31/h3-9,26H,1-2H3,(H,28,29)(H,30,31)/b18-13-. The smallest absolute Gasteiger partial charge is 0.339 e. The molecule has 0 unspecified atom stereocenters. The summed E-state index contributed by atoms with van der Waals surface area (Å²) >= 11 is 12.8. The van der Waals surface area contributed by atoms with E-state index >= 15 is 0 Å². The second-order valence-corrected chi connectivity index (χ2v) is 7.76. The monoisotopic (exact) mass is 458 g/mol. The van der Waals surface area contributed by atoms with Crippen molar-refractivity contribution in [3.8, 4) is 5.75 Å². The largest absolute Gasteiger partial charge is 0.507 e. The Morgan fingerprint density at radius 1 is 0.935 bits per heavy atom. The third kappa shape index (κ3) is 4.13. The number of carbonyl (C=O) groups is 3. The van der Waals surface area contributed by atoms with Gasteiger partial charge < -0.3 is 15.3 Å². The number of phenols is 1. The van der Waals surface area contributed by atoms with Gasteiger partial charge in [0, 0.05) is 15.6 Å². The number of aromatic carboxylic acids is 1. The lowest BCUT2D eigenvalue weighted by atomic mass is 9.85. The molecule has 3 N–H and O–H groups in total. The average molecular weight is 459 g/mol.